The van der Waals surface area contributed by atoms with Crippen LogP contribution in [0.1, 0.15) is 49.7 Å². The minimum absolute atomic E-state index is 0.141. The molecule has 0 amide bonds. The fraction of sp³-hybridized carbons (Fsp3) is 0.355. The van der Waals surface area contributed by atoms with E-state index in [1.165, 1.54) is 42.1 Å². The minimum atomic E-state index is -0.141. The van der Waals surface area contributed by atoms with Gasteiger partial charge in [-0.05, 0) is 48.2 Å². The van der Waals surface area contributed by atoms with E-state index < -0.39 is 0 Å². The second-order valence-electron chi connectivity index (χ2n) is 9.39. The molecule has 5 heteroatoms. The molecule has 5 nitrogen and oxygen atoms in total. The lowest BCUT2D eigenvalue weighted by Gasteiger charge is -2.08. The first-order valence-electron chi connectivity index (χ1n) is 13.0. The van der Waals surface area contributed by atoms with Crippen molar-refractivity contribution in [2.45, 2.75) is 58.1 Å². The summed E-state index contributed by atoms with van der Waals surface area (Å²) >= 11 is 0. The van der Waals surface area contributed by atoms with E-state index in [0.717, 1.165) is 30.7 Å². The van der Waals surface area contributed by atoms with Crippen LogP contribution in [0.3, 0.4) is 0 Å². The van der Waals surface area contributed by atoms with Crippen LogP contribution >= 0.6 is 0 Å². The number of unbranched alkanes of at least 4 members (excludes halogenated alkanes) is 5. The molecule has 0 radical (unpaired) electrons. The summed E-state index contributed by atoms with van der Waals surface area (Å²) in [6.45, 7) is 2.14. The molecule has 2 aromatic carbocycles. The predicted octanol–water partition coefficient (Wildman–Crippen LogP) is 6.17. The summed E-state index contributed by atoms with van der Waals surface area (Å²) in [5.41, 5.74) is 3.42. The first-order valence-corrected chi connectivity index (χ1v) is 13.0. The van der Waals surface area contributed by atoms with Crippen molar-refractivity contribution >= 4 is 16.9 Å². The lowest BCUT2D eigenvalue weighted by Crippen LogP contribution is -2.26. The monoisotopic (exact) mass is 485 g/mol. The Morgan fingerprint density at radius 1 is 0.833 bits per heavy atom. The molecule has 0 N–H and O–H groups in total. The summed E-state index contributed by atoms with van der Waals surface area (Å²) in [4.78, 5) is 11.9. The molecular formula is C31H37N2O3+. The van der Waals surface area contributed by atoms with E-state index in [1.807, 2.05) is 54.3 Å². The molecule has 0 aliphatic heterocycles. The van der Waals surface area contributed by atoms with Crippen molar-refractivity contribution in [2.75, 3.05) is 6.61 Å². The highest BCUT2D eigenvalue weighted by Crippen LogP contribution is 2.23. The molecule has 0 spiro atoms. The highest BCUT2D eigenvalue weighted by molar-refractivity contribution is 5.81. The van der Waals surface area contributed by atoms with Crippen molar-refractivity contribution in [3.8, 4) is 5.75 Å². The van der Waals surface area contributed by atoms with Crippen molar-refractivity contribution in [1.29, 1.82) is 0 Å². The zero-order valence-corrected chi connectivity index (χ0v) is 21.3. The van der Waals surface area contributed by atoms with Gasteiger partial charge in [-0.2, -0.15) is 0 Å². The highest BCUT2D eigenvalue weighted by atomic mass is 16.5. The molecule has 4 aromatic rings. The first kappa shape index (κ1) is 25.5. The zero-order valence-electron chi connectivity index (χ0n) is 21.3. The summed E-state index contributed by atoms with van der Waals surface area (Å²) in [7, 11) is 1.96. The number of rotatable bonds is 14. The third-order valence-electron chi connectivity index (χ3n) is 6.44. The van der Waals surface area contributed by atoms with Crippen LogP contribution in [-0.2, 0) is 36.2 Å². The Morgan fingerprint density at radius 3 is 2.39 bits per heavy atom. The number of carbonyl (C=O) groups is 1. The molecule has 188 valence electrons. The molecule has 0 saturated heterocycles. The van der Waals surface area contributed by atoms with Crippen molar-refractivity contribution in [3.05, 3.63) is 96.4 Å². The molecule has 2 aromatic heterocycles. The Bertz CT molecular complexity index is 1220. The van der Waals surface area contributed by atoms with Gasteiger partial charge in [0, 0.05) is 35.8 Å². The lowest BCUT2D eigenvalue weighted by molar-refractivity contribution is -0.671. The van der Waals surface area contributed by atoms with E-state index >= 15 is 0 Å². The molecule has 2 heterocycles. The second kappa shape index (κ2) is 13.5. The summed E-state index contributed by atoms with van der Waals surface area (Å²) in [5.74, 6) is 0.765. The standard InChI is InChI=1S/C31H37N2O3/c1-32-19-15-26(16-20-32)23-31(34)35-22-10-5-3-2-4-9-18-33-21-17-28-24-29(13-14-30(28)33)36-25-27-11-7-6-8-12-27/h6-8,11-17,19-21,24H,2-5,9-10,18,22-23,25H2,1H3/q+1. The zero-order chi connectivity index (χ0) is 25.0. The average molecular weight is 486 g/mol. The van der Waals surface area contributed by atoms with E-state index in [1.54, 1.807) is 0 Å². The maximum absolute atomic E-state index is 11.9. The molecular weight excluding hydrogens is 448 g/mol. The third kappa shape index (κ3) is 7.98. The van der Waals surface area contributed by atoms with Crippen molar-refractivity contribution in [1.82, 2.24) is 4.57 Å². The molecule has 4 rings (SSSR count). The molecule has 0 bridgehead atoms. The average Bonchev–Trinajstić information content (AvgIpc) is 3.30. The molecule has 0 unspecified atom stereocenters. The van der Waals surface area contributed by atoms with Crippen molar-refractivity contribution < 1.29 is 18.8 Å². The topological polar surface area (TPSA) is 44.3 Å². The van der Waals surface area contributed by atoms with Crippen LogP contribution in [-0.4, -0.2) is 17.1 Å². The Labute approximate surface area is 214 Å². The Morgan fingerprint density at radius 2 is 1.58 bits per heavy atom. The Hall–Kier alpha value is -3.60. The van der Waals surface area contributed by atoms with Gasteiger partial charge in [-0.1, -0.05) is 56.0 Å². The number of hydrogen-bond acceptors (Lipinski definition) is 3. The number of aromatic nitrogens is 2. The Balaban J connectivity index is 1.07. The largest absolute Gasteiger partial charge is 0.489 e. The predicted molar refractivity (Wildman–Crippen MR) is 143 cm³/mol. The van der Waals surface area contributed by atoms with Crippen LogP contribution in [0.5, 0.6) is 5.75 Å². The van der Waals surface area contributed by atoms with Crippen LogP contribution in [0.15, 0.2) is 85.3 Å². The number of carbonyl (C=O) groups excluding carboxylic acids is 1. The van der Waals surface area contributed by atoms with Gasteiger partial charge in [0.2, 0.25) is 0 Å². The van der Waals surface area contributed by atoms with Gasteiger partial charge in [0.25, 0.3) is 0 Å². The van der Waals surface area contributed by atoms with Gasteiger partial charge in [0.05, 0.1) is 13.0 Å². The molecule has 36 heavy (non-hydrogen) atoms. The molecule has 0 aliphatic rings. The van der Waals surface area contributed by atoms with Gasteiger partial charge in [0.1, 0.15) is 19.4 Å². The molecule has 0 saturated carbocycles. The van der Waals surface area contributed by atoms with Crippen molar-refractivity contribution in [2.24, 2.45) is 7.05 Å². The summed E-state index contributed by atoms with van der Waals surface area (Å²) in [6, 6.07) is 22.7. The van der Waals surface area contributed by atoms with Crippen LogP contribution in [0, 0.1) is 0 Å². The number of esters is 1. The minimum Gasteiger partial charge on any atom is -0.489 e. The van der Waals surface area contributed by atoms with Gasteiger partial charge >= 0.3 is 5.97 Å². The third-order valence-corrected chi connectivity index (χ3v) is 6.44. The fourth-order valence-electron chi connectivity index (χ4n) is 4.35. The SMILES string of the molecule is C[n+]1ccc(CC(=O)OCCCCCCCCn2ccc3cc(OCc4ccccc4)ccc32)cc1. The maximum atomic E-state index is 11.9. The number of fused-ring (bicyclic) bond motifs is 1. The quantitative estimate of drug-likeness (QED) is 0.122. The van der Waals surface area contributed by atoms with Gasteiger partial charge in [-0.3, -0.25) is 4.79 Å². The molecule has 0 atom stereocenters. The first-order chi connectivity index (χ1) is 17.7. The number of pyridine rings is 1. The second-order valence-corrected chi connectivity index (χ2v) is 9.39. The summed E-state index contributed by atoms with van der Waals surface area (Å²) < 4.78 is 15.6. The van der Waals surface area contributed by atoms with Gasteiger partial charge in [-0.25, -0.2) is 4.57 Å². The molecule has 0 fully saturated rings. The maximum Gasteiger partial charge on any atom is 0.310 e. The summed E-state index contributed by atoms with van der Waals surface area (Å²) in [5, 5.41) is 1.22. The van der Waals surface area contributed by atoms with E-state index in [2.05, 4.69) is 47.2 Å². The van der Waals surface area contributed by atoms with Crippen LogP contribution in [0.25, 0.3) is 10.9 Å². The molecule has 0 aliphatic carbocycles. The Kier molecular flexibility index (Phi) is 9.54. The van der Waals surface area contributed by atoms with Gasteiger partial charge in [0.15, 0.2) is 12.4 Å². The summed E-state index contributed by atoms with van der Waals surface area (Å²) in [6.07, 6.45) is 13.2. The van der Waals surface area contributed by atoms with Crippen LogP contribution < -0.4 is 9.30 Å². The normalized spacial score (nSPS) is 11.0. The van der Waals surface area contributed by atoms with Crippen LogP contribution in [0.4, 0.5) is 0 Å². The van der Waals surface area contributed by atoms with E-state index in [0.29, 0.717) is 19.6 Å². The van der Waals surface area contributed by atoms with E-state index in [-0.39, 0.29) is 5.97 Å². The number of benzene rings is 2. The van der Waals surface area contributed by atoms with E-state index in [4.69, 9.17) is 9.47 Å². The van der Waals surface area contributed by atoms with Gasteiger partial charge < -0.3 is 14.0 Å². The fourth-order valence-corrected chi connectivity index (χ4v) is 4.35. The number of hydrogen-bond donors (Lipinski definition) is 0. The lowest BCUT2D eigenvalue weighted by atomic mass is 10.1. The smallest absolute Gasteiger partial charge is 0.310 e. The van der Waals surface area contributed by atoms with Crippen LogP contribution in [0.2, 0.25) is 0 Å². The van der Waals surface area contributed by atoms with E-state index in [9.17, 15) is 4.79 Å². The number of ether oxygens (including phenoxy) is 2. The van der Waals surface area contributed by atoms with Gasteiger partial charge in [-0.15, -0.1) is 0 Å². The highest BCUT2D eigenvalue weighted by Gasteiger charge is 2.06. The number of nitrogens with zero attached hydrogens (tertiary/aromatic N) is 2. The number of aryl methyl sites for hydroxylation is 2. The van der Waals surface area contributed by atoms with Crippen molar-refractivity contribution in [3.63, 3.8) is 0 Å².